The minimum atomic E-state index is -1.85. The van der Waals surface area contributed by atoms with Crippen molar-refractivity contribution in [3.05, 3.63) is 29.8 Å². The molecule has 192 valence electrons. The molecule has 0 saturated carbocycles. The lowest BCUT2D eigenvalue weighted by Crippen LogP contribution is -2.54. The summed E-state index contributed by atoms with van der Waals surface area (Å²) in [5, 5.41) is 10.8. The standard InChI is InChI=1S/C29H46O4S/c1-6-8-9-10-11-12-13-14-15-16-17-18-23-29(27(30)7-2,28(31)33-24(3)4)34(32)26-21-19-25(5)20-22-26/h2,19-22,24,27,30H,6,8-18,23H2,1,3-5H3/t27-,29?,34+/m1/s1. The summed E-state index contributed by atoms with van der Waals surface area (Å²) in [4.78, 5) is 13.7. The number of carbonyl (C=O) groups is 1. The van der Waals surface area contributed by atoms with E-state index in [-0.39, 0.29) is 6.42 Å². The summed E-state index contributed by atoms with van der Waals surface area (Å²) in [6.45, 7) is 7.66. The first-order valence-electron chi connectivity index (χ1n) is 13.1. The molecule has 3 atom stereocenters. The normalized spacial score (nSPS) is 14.9. The van der Waals surface area contributed by atoms with Crippen molar-refractivity contribution in [2.24, 2.45) is 0 Å². The van der Waals surface area contributed by atoms with Crippen LogP contribution < -0.4 is 0 Å². The Balaban J connectivity index is 2.73. The number of unbranched alkanes of at least 4 members (excludes halogenated alkanes) is 11. The summed E-state index contributed by atoms with van der Waals surface area (Å²) in [5.41, 5.74) is 1.02. The van der Waals surface area contributed by atoms with Crippen LogP contribution in [0, 0.1) is 19.3 Å². The minimum Gasteiger partial charge on any atom is -0.462 e. The van der Waals surface area contributed by atoms with Gasteiger partial charge in [-0.3, -0.25) is 9.00 Å². The quantitative estimate of drug-likeness (QED) is 0.138. The van der Waals surface area contributed by atoms with Crippen molar-refractivity contribution in [2.45, 2.75) is 133 Å². The second-order valence-electron chi connectivity index (χ2n) is 9.63. The molecule has 0 aromatic heterocycles. The van der Waals surface area contributed by atoms with Crippen molar-refractivity contribution in [3.63, 3.8) is 0 Å². The fourth-order valence-electron chi connectivity index (χ4n) is 4.17. The molecule has 0 saturated heterocycles. The van der Waals surface area contributed by atoms with Gasteiger partial charge in [-0.2, -0.15) is 0 Å². The molecule has 1 aromatic carbocycles. The Hall–Kier alpha value is -1.64. The Bertz CT molecular complexity index is 765. The van der Waals surface area contributed by atoms with E-state index in [1.165, 1.54) is 51.4 Å². The molecule has 1 rings (SSSR count). The SMILES string of the molecule is C#C[C@@H](O)C(CCCCCCCCCCCCCC)(C(=O)OC(C)C)[S@@](=O)c1ccc(C)cc1. The molecule has 1 aromatic rings. The monoisotopic (exact) mass is 490 g/mol. The van der Waals surface area contributed by atoms with Crippen LogP contribution in [0.2, 0.25) is 0 Å². The molecule has 1 unspecified atom stereocenters. The van der Waals surface area contributed by atoms with E-state index in [1.807, 2.05) is 19.1 Å². The first-order chi connectivity index (χ1) is 16.3. The highest BCUT2D eigenvalue weighted by Crippen LogP contribution is 2.33. The fraction of sp³-hybridized carbons (Fsp3) is 0.690. The van der Waals surface area contributed by atoms with Crippen LogP contribution in [0.15, 0.2) is 29.2 Å². The molecular formula is C29H46O4S. The van der Waals surface area contributed by atoms with Crippen LogP contribution in [0.3, 0.4) is 0 Å². The predicted octanol–water partition coefficient (Wildman–Crippen LogP) is 6.88. The molecule has 0 radical (unpaired) electrons. The molecule has 34 heavy (non-hydrogen) atoms. The number of rotatable bonds is 18. The summed E-state index contributed by atoms with van der Waals surface area (Å²) in [6.07, 6.45) is 18.1. The Morgan fingerprint density at radius 1 is 0.971 bits per heavy atom. The van der Waals surface area contributed by atoms with E-state index >= 15 is 0 Å². The zero-order valence-electron chi connectivity index (χ0n) is 21.8. The average molecular weight is 491 g/mol. The van der Waals surface area contributed by atoms with Gasteiger partial charge in [0.15, 0.2) is 4.75 Å². The van der Waals surface area contributed by atoms with Gasteiger partial charge in [0.25, 0.3) is 0 Å². The van der Waals surface area contributed by atoms with Gasteiger partial charge in [0, 0.05) is 4.90 Å². The van der Waals surface area contributed by atoms with Crippen molar-refractivity contribution >= 4 is 16.8 Å². The van der Waals surface area contributed by atoms with Gasteiger partial charge >= 0.3 is 5.97 Å². The van der Waals surface area contributed by atoms with Gasteiger partial charge in [-0.15, -0.1) is 6.42 Å². The third-order valence-electron chi connectivity index (χ3n) is 6.26. The van der Waals surface area contributed by atoms with Gasteiger partial charge in [-0.05, 0) is 39.3 Å². The summed E-state index contributed by atoms with van der Waals surface area (Å²) in [6, 6.07) is 7.15. The van der Waals surface area contributed by atoms with E-state index in [2.05, 4.69) is 12.8 Å². The van der Waals surface area contributed by atoms with Crippen LogP contribution in [0.5, 0.6) is 0 Å². The van der Waals surface area contributed by atoms with Crippen molar-refractivity contribution < 1.29 is 18.8 Å². The Kier molecular flexibility index (Phi) is 15.1. The zero-order valence-corrected chi connectivity index (χ0v) is 22.6. The highest BCUT2D eigenvalue weighted by molar-refractivity contribution is 7.87. The van der Waals surface area contributed by atoms with E-state index in [9.17, 15) is 14.1 Å². The predicted molar refractivity (Wildman–Crippen MR) is 142 cm³/mol. The molecule has 1 N–H and O–H groups in total. The smallest absolute Gasteiger partial charge is 0.329 e. The zero-order chi connectivity index (χ0) is 25.4. The van der Waals surface area contributed by atoms with E-state index in [1.54, 1.807) is 26.0 Å². The number of carbonyl (C=O) groups excluding carboxylic acids is 1. The lowest BCUT2D eigenvalue weighted by Gasteiger charge is -2.33. The third-order valence-corrected chi connectivity index (χ3v) is 8.21. The maximum absolute atomic E-state index is 13.7. The fourth-order valence-corrected chi connectivity index (χ4v) is 5.77. The molecule has 0 aliphatic rings. The number of aliphatic hydroxyl groups excluding tert-OH is 1. The second-order valence-corrected chi connectivity index (χ2v) is 11.4. The number of benzene rings is 1. The summed E-state index contributed by atoms with van der Waals surface area (Å²) in [5.74, 6) is 1.59. The number of aryl methyl sites for hydroxylation is 1. The maximum atomic E-state index is 13.7. The van der Waals surface area contributed by atoms with Crippen LogP contribution >= 0.6 is 0 Å². The molecule has 0 heterocycles. The van der Waals surface area contributed by atoms with Crippen LogP contribution in [-0.2, 0) is 20.3 Å². The van der Waals surface area contributed by atoms with Crippen LogP contribution in [-0.4, -0.2) is 32.2 Å². The third kappa shape index (κ3) is 9.92. The van der Waals surface area contributed by atoms with Gasteiger partial charge < -0.3 is 9.84 Å². The van der Waals surface area contributed by atoms with Gasteiger partial charge in [0.1, 0.15) is 6.10 Å². The van der Waals surface area contributed by atoms with Crippen LogP contribution in [0.25, 0.3) is 0 Å². The second kappa shape index (κ2) is 16.9. The average Bonchev–Trinajstić information content (AvgIpc) is 2.81. The molecule has 0 amide bonds. The van der Waals surface area contributed by atoms with E-state index < -0.39 is 33.7 Å². The van der Waals surface area contributed by atoms with Crippen LogP contribution in [0.4, 0.5) is 0 Å². The Morgan fingerprint density at radius 3 is 1.88 bits per heavy atom. The molecule has 0 aliphatic heterocycles. The van der Waals surface area contributed by atoms with Crippen molar-refractivity contribution in [1.82, 2.24) is 0 Å². The number of esters is 1. The van der Waals surface area contributed by atoms with Crippen molar-refractivity contribution in [1.29, 1.82) is 0 Å². The lowest BCUT2D eigenvalue weighted by molar-refractivity contribution is -0.153. The first kappa shape index (κ1) is 30.4. The van der Waals surface area contributed by atoms with Crippen molar-refractivity contribution in [3.8, 4) is 12.3 Å². The number of terminal acetylenes is 1. The number of hydrogen-bond acceptors (Lipinski definition) is 4. The minimum absolute atomic E-state index is 0.224. The highest BCUT2D eigenvalue weighted by Gasteiger charge is 2.52. The van der Waals surface area contributed by atoms with E-state index in [4.69, 9.17) is 11.2 Å². The summed E-state index contributed by atoms with van der Waals surface area (Å²) < 4.78 is 17.5. The van der Waals surface area contributed by atoms with Crippen LogP contribution in [0.1, 0.15) is 110 Å². The van der Waals surface area contributed by atoms with Gasteiger partial charge in [0.2, 0.25) is 0 Å². The van der Waals surface area contributed by atoms with E-state index in [0.717, 1.165) is 24.8 Å². The molecule has 0 spiro atoms. The van der Waals surface area contributed by atoms with Gasteiger partial charge in [-0.1, -0.05) is 108 Å². The topological polar surface area (TPSA) is 63.6 Å². The summed E-state index contributed by atoms with van der Waals surface area (Å²) in [7, 11) is -1.85. The molecule has 0 bridgehead atoms. The number of hydrogen-bond donors (Lipinski definition) is 1. The molecule has 0 fully saturated rings. The Morgan fingerprint density at radius 2 is 1.44 bits per heavy atom. The number of aliphatic hydroxyl groups is 1. The molecular weight excluding hydrogens is 444 g/mol. The molecule has 0 aliphatic carbocycles. The number of ether oxygens (including phenoxy) is 1. The van der Waals surface area contributed by atoms with Gasteiger partial charge in [0.05, 0.1) is 16.9 Å². The van der Waals surface area contributed by atoms with Gasteiger partial charge in [-0.25, -0.2) is 0 Å². The first-order valence-corrected chi connectivity index (χ1v) is 14.3. The lowest BCUT2D eigenvalue weighted by atomic mass is 9.93. The van der Waals surface area contributed by atoms with Crippen molar-refractivity contribution in [2.75, 3.05) is 0 Å². The molecule has 5 heteroatoms. The largest absolute Gasteiger partial charge is 0.462 e. The molecule has 4 nitrogen and oxygen atoms in total. The van der Waals surface area contributed by atoms with E-state index in [0.29, 0.717) is 11.3 Å². The highest BCUT2D eigenvalue weighted by atomic mass is 32.2. The Labute approximate surface area is 210 Å². The maximum Gasteiger partial charge on any atom is 0.329 e. The summed E-state index contributed by atoms with van der Waals surface area (Å²) >= 11 is 0.